The Kier molecular flexibility index (Phi) is 2.75. The Morgan fingerprint density at radius 2 is 2.05 bits per heavy atom. The fourth-order valence-electron chi connectivity index (χ4n) is 3.25. The molecule has 0 aliphatic carbocycles. The van der Waals surface area contributed by atoms with Crippen LogP contribution in [0.2, 0.25) is 5.02 Å². The van der Waals surface area contributed by atoms with Gasteiger partial charge in [0.25, 0.3) is 5.91 Å². The third-order valence-electron chi connectivity index (χ3n) is 4.16. The molecular formula is C16H13ClN2OS. The van der Waals surface area contributed by atoms with Gasteiger partial charge in [-0.05, 0) is 23.8 Å². The second-order valence-electron chi connectivity index (χ2n) is 5.23. The fraction of sp³-hybridized carbons (Fsp3) is 0.188. The lowest BCUT2D eigenvalue weighted by Gasteiger charge is -2.32. The minimum atomic E-state index is -0.452. The van der Waals surface area contributed by atoms with Crippen LogP contribution in [0.5, 0.6) is 0 Å². The third-order valence-corrected chi connectivity index (χ3v) is 5.99. The van der Waals surface area contributed by atoms with Crippen molar-refractivity contribution in [3.8, 4) is 0 Å². The SMILES string of the molecule is Nc1cc(C23SCCN2C(=O)c2ccccc23)ccc1Cl. The lowest BCUT2D eigenvalue weighted by atomic mass is 9.96. The van der Waals surface area contributed by atoms with E-state index in [9.17, 15) is 4.79 Å². The van der Waals surface area contributed by atoms with Crippen molar-refractivity contribution in [2.75, 3.05) is 18.0 Å². The molecule has 0 saturated carbocycles. The molecule has 2 aliphatic rings. The molecular weight excluding hydrogens is 304 g/mol. The summed E-state index contributed by atoms with van der Waals surface area (Å²) in [5.74, 6) is 1.02. The molecule has 0 spiro atoms. The summed E-state index contributed by atoms with van der Waals surface area (Å²) >= 11 is 7.83. The number of anilines is 1. The monoisotopic (exact) mass is 316 g/mol. The molecule has 106 valence electrons. The molecule has 1 fully saturated rings. The average Bonchev–Trinajstić information content (AvgIpc) is 3.03. The minimum Gasteiger partial charge on any atom is -0.398 e. The summed E-state index contributed by atoms with van der Waals surface area (Å²) in [6.45, 7) is 0.751. The zero-order chi connectivity index (χ0) is 14.6. The molecule has 2 aliphatic heterocycles. The highest BCUT2D eigenvalue weighted by Crippen LogP contribution is 2.55. The quantitative estimate of drug-likeness (QED) is 0.821. The molecule has 2 aromatic carbocycles. The Morgan fingerprint density at radius 3 is 2.86 bits per heavy atom. The lowest BCUT2D eigenvalue weighted by molar-refractivity contribution is 0.0752. The van der Waals surface area contributed by atoms with Crippen molar-refractivity contribution in [2.24, 2.45) is 0 Å². The van der Waals surface area contributed by atoms with E-state index < -0.39 is 4.87 Å². The molecule has 2 aromatic rings. The first kappa shape index (κ1) is 13.0. The summed E-state index contributed by atoms with van der Waals surface area (Å²) < 4.78 is 0. The number of amides is 1. The number of nitrogens with two attached hydrogens (primary N) is 1. The van der Waals surface area contributed by atoms with E-state index in [4.69, 9.17) is 17.3 Å². The van der Waals surface area contributed by atoms with E-state index in [-0.39, 0.29) is 5.91 Å². The van der Waals surface area contributed by atoms with Gasteiger partial charge >= 0.3 is 0 Å². The first-order valence-electron chi connectivity index (χ1n) is 6.75. The van der Waals surface area contributed by atoms with E-state index in [1.54, 1.807) is 11.8 Å². The van der Waals surface area contributed by atoms with Crippen LogP contribution < -0.4 is 5.73 Å². The Balaban J connectivity index is 2.00. The highest BCUT2D eigenvalue weighted by atomic mass is 35.5. The van der Waals surface area contributed by atoms with E-state index >= 15 is 0 Å². The Hall–Kier alpha value is -1.65. The molecule has 0 aromatic heterocycles. The maximum absolute atomic E-state index is 12.7. The summed E-state index contributed by atoms with van der Waals surface area (Å²) in [6.07, 6.45) is 0. The van der Waals surface area contributed by atoms with E-state index in [0.29, 0.717) is 10.7 Å². The van der Waals surface area contributed by atoms with E-state index in [1.165, 1.54) is 0 Å². The van der Waals surface area contributed by atoms with Crippen LogP contribution in [0.4, 0.5) is 5.69 Å². The maximum Gasteiger partial charge on any atom is 0.255 e. The molecule has 2 heterocycles. The van der Waals surface area contributed by atoms with Crippen molar-refractivity contribution < 1.29 is 4.79 Å². The summed E-state index contributed by atoms with van der Waals surface area (Å²) in [4.78, 5) is 14.2. The molecule has 5 heteroatoms. The van der Waals surface area contributed by atoms with Gasteiger partial charge in [-0.3, -0.25) is 4.79 Å². The normalized spacial score (nSPS) is 23.3. The number of thioether (sulfide) groups is 1. The van der Waals surface area contributed by atoms with Gasteiger partial charge in [0, 0.05) is 23.4 Å². The maximum atomic E-state index is 12.7. The number of benzene rings is 2. The van der Waals surface area contributed by atoms with Crippen LogP contribution >= 0.6 is 23.4 Å². The third kappa shape index (κ3) is 1.60. The first-order valence-corrected chi connectivity index (χ1v) is 8.12. The van der Waals surface area contributed by atoms with Crippen molar-refractivity contribution in [3.05, 3.63) is 64.2 Å². The number of hydrogen-bond donors (Lipinski definition) is 1. The molecule has 1 unspecified atom stereocenters. The predicted octanol–water partition coefficient (Wildman–Crippen LogP) is 3.33. The Labute approximate surface area is 132 Å². The van der Waals surface area contributed by atoms with Crippen LogP contribution in [0.1, 0.15) is 21.5 Å². The van der Waals surface area contributed by atoms with Gasteiger partial charge in [-0.2, -0.15) is 0 Å². The zero-order valence-electron chi connectivity index (χ0n) is 11.2. The van der Waals surface area contributed by atoms with Gasteiger partial charge in [0.2, 0.25) is 0 Å². The van der Waals surface area contributed by atoms with Gasteiger partial charge in [-0.25, -0.2) is 0 Å². The number of fused-ring (bicyclic) bond motifs is 3. The molecule has 1 atom stereocenters. The van der Waals surface area contributed by atoms with Gasteiger partial charge in [-0.1, -0.05) is 35.9 Å². The zero-order valence-corrected chi connectivity index (χ0v) is 12.7. The number of nitrogens with zero attached hydrogens (tertiary/aromatic N) is 1. The number of hydrogen-bond acceptors (Lipinski definition) is 3. The summed E-state index contributed by atoms with van der Waals surface area (Å²) in [5, 5.41) is 0.544. The predicted molar refractivity (Wildman–Crippen MR) is 86.6 cm³/mol. The molecule has 0 radical (unpaired) electrons. The molecule has 1 amide bonds. The number of nitrogen functional groups attached to an aromatic ring is 1. The van der Waals surface area contributed by atoms with Crippen molar-refractivity contribution >= 4 is 35.0 Å². The Bertz CT molecular complexity index is 764. The highest BCUT2D eigenvalue weighted by molar-refractivity contribution is 8.00. The van der Waals surface area contributed by atoms with Gasteiger partial charge in [0.15, 0.2) is 0 Å². The molecule has 21 heavy (non-hydrogen) atoms. The second-order valence-corrected chi connectivity index (χ2v) is 6.93. The van der Waals surface area contributed by atoms with Crippen LogP contribution in [-0.4, -0.2) is 23.1 Å². The Morgan fingerprint density at radius 1 is 1.24 bits per heavy atom. The average molecular weight is 317 g/mol. The van der Waals surface area contributed by atoms with E-state index in [1.807, 2.05) is 47.4 Å². The molecule has 4 rings (SSSR count). The van der Waals surface area contributed by atoms with Crippen LogP contribution in [-0.2, 0) is 4.87 Å². The first-order chi connectivity index (χ1) is 10.1. The van der Waals surface area contributed by atoms with Crippen molar-refractivity contribution in [1.29, 1.82) is 0 Å². The molecule has 1 saturated heterocycles. The van der Waals surface area contributed by atoms with Crippen LogP contribution in [0, 0.1) is 0 Å². The van der Waals surface area contributed by atoms with E-state index in [0.717, 1.165) is 29.0 Å². The van der Waals surface area contributed by atoms with Crippen molar-refractivity contribution in [3.63, 3.8) is 0 Å². The van der Waals surface area contributed by atoms with Gasteiger partial charge in [0.1, 0.15) is 4.87 Å². The van der Waals surface area contributed by atoms with Crippen LogP contribution in [0.3, 0.4) is 0 Å². The molecule has 2 N–H and O–H groups in total. The van der Waals surface area contributed by atoms with Crippen LogP contribution in [0.25, 0.3) is 0 Å². The summed E-state index contributed by atoms with van der Waals surface area (Å²) in [5.41, 5.74) is 9.39. The fourth-order valence-corrected chi connectivity index (χ4v) is 4.89. The van der Waals surface area contributed by atoms with Gasteiger partial charge < -0.3 is 10.6 Å². The van der Waals surface area contributed by atoms with Crippen molar-refractivity contribution in [2.45, 2.75) is 4.87 Å². The van der Waals surface area contributed by atoms with Crippen LogP contribution in [0.15, 0.2) is 42.5 Å². The number of carbonyl (C=O) groups is 1. The summed E-state index contributed by atoms with van der Waals surface area (Å²) in [6, 6.07) is 13.5. The number of rotatable bonds is 1. The second kappa shape index (κ2) is 4.42. The lowest BCUT2D eigenvalue weighted by Crippen LogP contribution is -2.37. The number of carbonyl (C=O) groups excluding carboxylic acids is 1. The smallest absolute Gasteiger partial charge is 0.255 e. The largest absolute Gasteiger partial charge is 0.398 e. The number of halogens is 1. The molecule has 3 nitrogen and oxygen atoms in total. The topological polar surface area (TPSA) is 46.3 Å². The molecule has 0 bridgehead atoms. The van der Waals surface area contributed by atoms with Crippen molar-refractivity contribution in [1.82, 2.24) is 4.90 Å². The van der Waals surface area contributed by atoms with Gasteiger partial charge in [-0.15, -0.1) is 11.8 Å². The van der Waals surface area contributed by atoms with E-state index in [2.05, 4.69) is 0 Å². The highest BCUT2D eigenvalue weighted by Gasteiger charge is 2.54. The standard InChI is InChI=1S/C16H13ClN2OS/c17-13-6-5-10(9-14(13)18)16-12-4-2-1-3-11(12)15(20)19(16)7-8-21-16/h1-6,9H,7-8,18H2. The summed E-state index contributed by atoms with van der Waals surface area (Å²) in [7, 11) is 0. The minimum absolute atomic E-state index is 0.101. The van der Waals surface area contributed by atoms with Gasteiger partial charge in [0.05, 0.1) is 10.7 Å².